The minimum Gasteiger partial charge on any atom is -0.453 e. The van der Waals surface area contributed by atoms with Gasteiger partial charge in [0.1, 0.15) is 23.4 Å². The van der Waals surface area contributed by atoms with E-state index in [1.165, 1.54) is 30.3 Å². The molecule has 4 fully saturated rings. The van der Waals surface area contributed by atoms with Crippen molar-refractivity contribution >= 4 is 52.1 Å². The number of imide groups is 1. The zero-order valence-electron chi connectivity index (χ0n) is 35.2. The lowest BCUT2D eigenvalue weighted by molar-refractivity contribution is -0.135. The summed E-state index contributed by atoms with van der Waals surface area (Å²) in [6.07, 6.45) is 7.15. The van der Waals surface area contributed by atoms with Gasteiger partial charge >= 0.3 is 0 Å². The Labute approximate surface area is 367 Å². The maximum Gasteiger partial charge on any atom is 0.261 e. The lowest BCUT2D eigenvalue weighted by atomic mass is 9.77. The van der Waals surface area contributed by atoms with Gasteiger partial charge in [-0.2, -0.15) is 5.26 Å². The Morgan fingerprint density at radius 1 is 1.00 bits per heavy atom. The molecule has 1 saturated carbocycles. The number of hydrogen-bond acceptors (Lipinski definition) is 12. The van der Waals surface area contributed by atoms with E-state index in [4.69, 9.17) is 4.74 Å². The lowest BCUT2D eigenvalue weighted by Crippen LogP contribution is -2.47. The van der Waals surface area contributed by atoms with Crippen molar-refractivity contribution in [1.82, 2.24) is 29.0 Å². The minimum atomic E-state index is -1.05. The molecule has 3 N–H and O–H groups in total. The largest absolute Gasteiger partial charge is 0.453 e. The Morgan fingerprint density at radius 2 is 1.76 bits per heavy atom. The number of nitrogens with one attached hydrogen (secondary N) is 3. The predicted octanol–water partition coefficient (Wildman–Crippen LogP) is 6.84. The number of likely N-dealkylation sites (tertiary alicyclic amines) is 2. The van der Waals surface area contributed by atoms with Gasteiger partial charge < -0.3 is 19.7 Å². The monoisotopic (exact) mass is 885 g/mol. The molecule has 2 atom stereocenters. The maximum absolute atomic E-state index is 15.3. The topological polar surface area (TPSA) is 165 Å². The van der Waals surface area contributed by atoms with E-state index >= 15 is 13.2 Å². The Morgan fingerprint density at radius 3 is 2.49 bits per heavy atom. The van der Waals surface area contributed by atoms with E-state index < -0.39 is 35.3 Å². The number of fused-ring (bicyclic) bond motifs is 1. The van der Waals surface area contributed by atoms with Crippen LogP contribution in [-0.4, -0.2) is 93.7 Å². The van der Waals surface area contributed by atoms with Crippen LogP contribution in [0.4, 0.5) is 24.5 Å². The second kappa shape index (κ2) is 18.6. The molecule has 3 aromatic carbocycles. The number of piperidine rings is 3. The first kappa shape index (κ1) is 44.0. The molecular weight excluding hydrogens is 836 g/mol. The van der Waals surface area contributed by atoms with Gasteiger partial charge in [0.2, 0.25) is 17.7 Å². The third-order valence-electron chi connectivity index (χ3n) is 13.3. The van der Waals surface area contributed by atoms with E-state index in [0.29, 0.717) is 55.6 Å². The molecule has 4 aromatic rings. The second-order valence-corrected chi connectivity index (χ2v) is 18.1. The standard InChI is InChI=1S/C45H50F3N9O5S/c1-3-54(2)63-53-35-9-6-33(46)42(32(35)24-49)62-29-4-7-34-31(22-29)44(61)57(26-50-34)28-12-15-45(23-28)16-20-56(21-17-45)39(59)25-55-18-13-27(14-19-55)30-5-8-36(41(48)40(30)47)51-37-10-11-38(58)52-43(37)60/h4-9,22,26-28,37,51,53H,3,10-21,23,25H2,1-2H3,(H,52,58,60). The molecule has 0 bridgehead atoms. The smallest absolute Gasteiger partial charge is 0.261 e. The van der Waals surface area contributed by atoms with Gasteiger partial charge in [-0.05, 0) is 125 Å². The average Bonchev–Trinajstić information content (AvgIpc) is 3.69. The van der Waals surface area contributed by atoms with Crippen molar-refractivity contribution in [2.75, 3.05) is 56.4 Å². The van der Waals surface area contributed by atoms with Crippen molar-refractivity contribution in [3.63, 3.8) is 0 Å². The van der Waals surface area contributed by atoms with Crippen LogP contribution in [-0.2, 0) is 14.4 Å². The maximum atomic E-state index is 15.3. The molecule has 1 aliphatic carbocycles. The Hall–Kier alpha value is -5.64. The number of nitrogens with zero attached hydrogens (tertiary/aromatic N) is 6. The highest BCUT2D eigenvalue weighted by Crippen LogP contribution is 2.50. The van der Waals surface area contributed by atoms with Gasteiger partial charge in [-0.15, -0.1) is 0 Å². The quantitative estimate of drug-likeness (QED) is 0.101. The van der Waals surface area contributed by atoms with Crippen molar-refractivity contribution in [2.24, 2.45) is 5.41 Å². The fourth-order valence-corrected chi connectivity index (χ4v) is 9.96. The fourth-order valence-electron chi connectivity index (χ4n) is 9.40. The number of amides is 3. The van der Waals surface area contributed by atoms with Crippen LogP contribution >= 0.6 is 12.1 Å². The number of hydrogen-bond donors (Lipinski definition) is 3. The normalized spacial score (nSPS) is 20.6. The molecule has 4 aliphatic rings. The number of carbonyl (C=O) groups is 3. The zero-order valence-corrected chi connectivity index (χ0v) is 36.0. The first-order valence-electron chi connectivity index (χ1n) is 21.5. The molecule has 63 heavy (non-hydrogen) atoms. The molecule has 3 aliphatic heterocycles. The minimum absolute atomic E-state index is 0.0000821. The molecule has 18 heteroatoms. The summed E-state index contributed by atoms with van der Waals surface area (Å²) in [5.41, 5.74) is 0.776. The molecule has 3 saturated heterocycles. The van der Waals surface area contributed by atoms with Gasteiger partial charge in [0.15, 0.2) is 23.2 Å². The van der Waals surface area contributed by atoms with E-state index in [9.17, 15) is 24.4 Å². The van der Waals surface area contributed by atoms with Crippen LogP contribution in [0.3, 0.4) is 0 Å². The number of benzene rings is 3. The Bertz CT molecular complexity index is 2520. The van der Waals surface area contributed by atoms with E-state index in [0.717, 1.165) is 38.6 Å². The van der Waals surface area contributed by atoms with Gasteiger partial charge in [-0.3, -0.25) is 34.0 Å². The van der Waals surface area contributed by atoms with Crippen LogP contribution in [0.5, 0.6) is 11.5 Å². The Kier molecular flexibility index (Phi) is 13.0. The Balaban J connectivity index is 0.842. The zero-order chi connectivity index (χ0) is 44.4. The highest BCUT2D eigenvalue weighted by atomic mass is 32.2. The molecule has 1 spiro atoms. The number of ether oxygens (including phenoxy) is 1. The summed E-state index contributed by atoms with van der Waals surface area (Å²) in [7, 11) is 1.88. The third-order valence-corrected chi connectivity index (χ3v) is 14.1. The third kappa shape index (κ3) is 9.36. The van der Waals surface area contributed by atoms with Crippen molar-refractivity contribution in [2.45, 2.75) is 82.7 Å². The molecule has 0 radical (unpaired) electrons. The molecule has 4 heterocycles. The molecule has 14 nitrogen and oxygen atoms in total. The number of anilines is 2. The summed E-state index contributed by atoms with van der Waals surface area (Å²) in [4.78, 5) is 59.6. The van der Waals surface area contributed by atoms with Crippen molar-refractivity contribution in [3.05, 3.63) is 87.7 Å². The number of halogens is 3. The molecule has 8 rings (SSSR count). The van der Waals surface area contributed by atoms with Gasteiger partial charge in [0.05, 0.1) is 35.1 Å². The summed E-state index contributed by atoms with van der Waals surface area (Å²) in [5.74, 6) is -3.88. The SMILES string of the molecule is CCN(C)SNc1ccc(F)c(Oc2ccc3ncn(C4CCC5(CCN(C(=O)CN6CCC(c7ccc(NC8CCC(=O)NC8=O)c(F)c7F)CC6)CC5)C4)c(=O)c3c2)c1C#N. The summed E-state index contributed by atoms with van der Waals surface area (Å²) < 4.78 is 58.1. The second-order valence-electron chi connectivity index (χ2n) is 17.1. The molecule has 332 valence electrons. The van der Waals surface area contributed by atoms with Gasteiger partial charge in [-0.25, -0.2) is 22.5 Å². The molecule has 1 aromatic heterocycles. The van der Waals surface area contributed by atoms with Crippen LogP contribution in [0.2, 0.25) is 0 Å². The van der Waals surface area contributed by atoms with Gasteiger partial charge in [0, 0.05) is 44.2 Å². The summed E-state index contributed by atoms with van der Waals surface area (Å²) in [6, 6.07) is 11.6. The number of rotatable bonds is 12. The average molecular weight is 886 g/mol. The fraction of sp³-hybridized carbons (Fsp3) is 0.467. The van der Waals surface area contributed by atoms with E-state index in [2.05, 4.69) is 25.2 Å². The van der Waals surface area contributed by atoms with E-state index in [1.54, 1.807) is 35.2 Å². The van der Waals surface area contributed by atoms with Crippen molar-refractivity contribution < 1.29 is 32.3 Å². The molecule has 2 unspecified atom stereocenters. The first-order chi connectivity index (χ1) is 30.3. The summed E-state index contributed by atoms with van der Waals surface area (Å²) >= 11 is 1.27. The van der Waals surface area contributed by atoms with Crippen LogP contribution in [0.25, 0.3) is 10.9 Å². The number of aromatic nitrogens is 2. The summed E-state index contributed by atoms with van der Waals surface area (Å²) in [5, 5.41) is 15.2. The van der Waals surface area contributed by atoms with E-state index in [-0.39, 0.29) is 76.5 Å². The summed E-state index contributed by atoms with van der Waals surface area (Å²) in [6.45, 7) is 5.33. The molecular formula is C45H50F3N9O5S. The number of carbonyl (C=O) groups excluding carboxylic acids is 3. The van der Waals surface area contributed by atoms with Gasteiger partial charge in [0.25, 0.3) is 5.56 Å². The number of nitriles is 1. The van der Waals surface area contributed by atoms with Gasteiger partial charge in [-0.1, -0.05) is 13.0 Å². The lowest BCUT2D eigenvalue weighted by Gasteiger charge is -2.40. The highest BCUT2D eigenvalue weighted by molar-refractivity contribution is 7.98. The van der Waals surface area contributed by atoms with Crippen molar-refractivity contribution in [1.29, 1.82) is 5.26 Å². The van der Waals surface area contributed by atoms with Crippen molar-refractivity contribution in [3.8, 4) is 17.6 Å². The van der Waals surface area contributed by atoms with E-state index in [1.807, 2.05) is 29.2 Å². The highest BCUT2D eigenvalue weighted by Gasteiger charge is 2.43. The van der Waals surface area contributed by atoms with Crippen LogP contribution in [0.15, 0.2) is 53.6 Å². The van der Waals surface area contributed by atoms with Crippen LogP contribution < -0.4 is 25.7 Å². The molecule has 3 amide bonds. The predicted molar refractivity (Wildman–Crippen MR) is 232 cm³/mol. The first-order valence-corrected chi connectivity index (χ1v) is 22.3. The van der Waals surface area contributed by atoms with Crippen LogP contribution in [0.1, 0.15) is 87.8 Å². The van der Waals surface area contributed by atoms with Crippen LogP contribution in [0, 0.1) is 34.2 Å².